The fourth-order valence-electron chi connectivity index (χ4n) is 2.51. The standard InChI is InChI=1S/C18H21N3O4S/c1-13-2-8-16(9-3-13)26(23,24)21-15-6-4-14(5-7-15)20-18(22)17-12-19-10-11-25-17/h2-9,17,19,21H,10-12H2,1H3,(H,20,22). The predicted molar refractivity (Wildman–Crippen MR) is 99.7 cm³/mol. The molecule has 1 saturated heterocycles. The van der Waals surface area contributed by atoms with Crippen molar-refractivity contribution in [1.29, 1.82) is 0 Å². The molecule has 0 radical (unpaired) electrons. The lowest BCUT2D eigenvalue weighted by molar-refractivity contribution is -0.128. The van der Waals surface area contributed by atoms with E-state index in [0.29, 0.717) is 24.5 Å². The molecule has 0 bridgehead atoms. The summed E-state index contributed by atoms with van der Waals surface area (Å²) in [7, 11) is -3.65. The van der Waals surface area contributed by atoms with Crippen LogP contribution in [0.2, 0.25) is 0 Å². The highest BCUT2D eigenvalue weighted by Crippen LogP contribution is 2.19. The highest BCUT2D eigenvalue weighted by atomic mass is 32.2. The predicted octanol–water partition coefficient (Wildman–Crippen LogP) is 1.72. The zero-order valence-electron chi connectivity index (χ0n) is 14.4. The Labute approximate surface area is 152 Å². The van der Waals surface area contributed by atoms with Crippen LogP contribution in [0, 0.1) is 6.92 Å². The summed E-state index contributed by atoms with van der Waals surface area (Å²) in [4.78, 5) is 12.3. The number of benzene rings is 2. The maximum atomic E-state index is 12.4. The molecule has 0 aromatic heterocycles. The second-order valence-corrected chi connectivity index (χ2v) is 7.73. The first-order valence-electron chi connectivity index (χ1n) is 8.27. The van der Waals surface area contributed by atoms with E-state index in [4.69, 9.17) is 4.74 Å². The number of aryl methyl sites for hydroxylation is 1. The summed E-state index contributed by atoms with van der Waals surface area (Å²) in [5.41, 5.74) is 1.97. The first kappa shape index (κ1) is 18.4. The Kier molecular flexibility index (Phi) is 5.55. The molecule has 3 rings (SSSR count). The van der Waals surface area contributed by atoms with E-state index in [0.717, 1.165) is 12.1 Å². The van der Waals surface area contributed by atoms with Crippen molar-refractivity contribution < 1.29 is 17.9 Å². The number of sulfonamides is 1. The van der Waals surface area contributed by atoms with Gasteiger partial charge in [-0.3, -0.25) is 9.52 Å². The lowest BCUT2D eigenvalue weighted by Crippen LogP contribution is -2.45. The van der Waals surface area contributed by atoms with E-state index in [1.165, 1.54) is 0 Å². The molecule has 1 amide bonds. The minimum Gasteiger partial charge on any atom is -0.366 e. The monoisotopic (exact) mass is 375 g/mol. The van der Waals surface area contributed by atoms with Crippen LogP contribution in [-0.2, 0) is 19.6 Å². The van der Waals surface area contributed by atoms with Crippen LogP contribution in [0.15, 0.2) is 53.4 Å². The number of nitrogens with one attached hydrogen (secondary N) is 3. The Morgan fingerprint density at radius 3 is 2.35 bits per heavy atom. The number of anilines is 2. The number of hydrogen-bond donors (Lipinski definition) is 3. The van der Waals surface area contributed by atoms with Crippen LogP contribution in [0.4, 0.5) is 11.4 Å². The van der Waals surface area contributed by atoms with Crippen molar-refractivity contribution in [2.75, 3.05) is 29.7 Å². The third kappa shape index (κ3) is 4.60. The molecule has 1 atom stereocenters. The van der Waals surface area contributed by atoms with E-state index in [2.05, 4.69) is 15.4 Å². The summed E-state index contributed by atoms with van der Waals surface area (Å²) in [5, 5.41) is 5.85. The summed E-state index contributed by atoms with van der Waals surface area (Å²) >= 11 is 0. The van der Waals surface area contributed by atoms with Gasteiger partial charge in [0.25, 0.3) is 15.9 Å². The molecule has 1 unspecified atom stereocenters. The van der Waals surface area contributed by atoms with Gasteiger partial charge in [0.2, 0.25) is 0 Å². The SMILES string of the molecule is Cc1ccc(S(=O)(=O)Nc2ccc(NC(=O)C3CNCCO3)cc2)cc1. The lowest BCUT2D eigenvalue weighted by atomic mass is 10.2. The molecule has 138 valence electrons. The molecule has 0 saturated carbocycles. The van der Waals surface area contributed by atoms with Crippen LogP contribution in [0.5, 0.6) is 0 Å². The molecule has 26 heavy (non-hydrogen) atoms. The molecule has 8 heteroatoms. The van der Waals surface area contributed by atoms with Crippen molar-refractivity contribution in [2.45, 2.75) is 17.9 Å². The van der Waals surface area contributed by atoms with Gasteiger partial charge in [-0.15, -0.1) is 0 Å². The van der Waals surface area contributed by atoms with Crippen LogP contribution in [0.3, 0.4) is 0 Å². The largest absolute Gasteiger partial charge is 0.366 e. The molecular weight excluding hydrogens is 354 g/mol. The second kappa shape index (κ2) is 7.86. The van der Waals surface area contributed by atoms with E-state index < -0.39 is 16.1 Å². The van der Waals surface area contributed by atoms with Gasteiger partial charge in [0.1, 0.15) is 6.10 Å². The normalized spacial score (nSPS) is 17.5. The lowest BCUT2D eigenvalue weighted by Gasteiger charge is -2.22. The second-order valence-electron chi connectivity index (χ2n) is 6.05. The minimum absolute atomic E-state index is 0.197. The molecule has 3 N–H and O–H groups in total. The average Bonchev–Trinajstić information content (AvgIpc) is 2.64. The quantitative estimate of drug-likeness (QED) is 0.739. The summed E-state index contributed by atoms with van der Waals surface area (Å²) in [6, 6.07) is 13.1. The summed E-state index contributed by atoms with van der Waals surface area (Å²) in [6.07, 6.45) is -0.525. The van der Waals surface area contributed by atoms with Gasteiger partial charge >= 0.3 is 0 Å². The maximum Gasteiger partial charge on any atom is 0.261 e. The third-order valence-electron chi connectivity index (χ3n) is 3.96. The Hall–Kier alpha value is -2.42. The molecule has 0 aliphatic carbocycles. The van der Waals surface area contributed by atoms with E-state index in [-0.39, 0.29) is 10.8 Å². The molecular formula is C18H21N3O4S. The number of carbonyl (C=O) groups excluding carboxylic acids is 1. The molecule has 7 nitrogen and oxygen atoms in total. The first-order chi connectivity index (χ1) is 12.4. The van der Waals surface area contributed by atoms with Crippen molar-refractivity contribution in [3.05, 3.63) is 54.1 Å². The van der Waals surface area contributed by atoms with E-state index in [1.807, 2.05) is 6.92 Å². The molecule has 0 spiro atoms. The molecule has 1 aliphatic rings. The number of carbonyl (C=O) groups is 1. The minimum atomic E-state index is -3.65. The zero-order chi connectivity index (χ0) is 18.6. The Bertz CT molecular complexity index is 858. The molecule has 1 fully saturated rings. The number of morpholine rings is 1. The highest BCUT2D eigenvalue weighted by Gasteiger charge is 2.21. The number of rotatable bonds is 5. The van der Waals surface area contributed by atoms with Gasteiger partial charge in [-0.25, -0.2) is 8.42 Å². The maximum absolute atomic E-state index is 12.4. The van der Waals surface area contributed by atoms with Crippen molar-refractivity contribution >= 4 is 27.3 Å². The van der Waals surface area contributed by atoms with E-state index >= 15 is 0 Å². The number of hydrogen-bond acceptors (Lipinski definition) is 5. The Morgan fingerprint density at radius 2 is 1.73 bits per heavy atom. The summed E-state index contributed by atoms with van der Waals surface area (Å²) in [6.45, 7) is 3.60. The van der Waals surface area contributed by atoms with Gasteiger partial charge in [0.05, 0.1) is 11.5 Å². The van der Waals surface area contributed by atoms with Gasteiger partial charge in [-0.1, -0.05) is 17.7 Å². The van der Waals surface area contributed by atoms with Crippen LogP contribution < -0.4 is 15.4 Å². The molecule has 1 aliphatic heterocycles. The van der Waals surface area contributed by atoms with E-state index in [9.17, 15) is 13.2 Å². The smallest absolute Gasteiger partial charge is 0.261 e. The Morgan fingerprint density at radius 1 is 1.08 bits per heavy atom. The fraction of sp³-hybridized carbons (Fsp3) is 0.278. The van der Waals surface area contributed by atoms with Gasteiger partial charge in [0, 0.05) is 24.5 Å². The molecule has 1 heterocycles. The van der Waals surface area contributed by atoms with Crippen molar-refractivity contribution in [3.8, 4) is 0 Å². The van der Waals surface area contributed by atoms with Crippen LogP contribution in [0.1, 0.15) is 5.56 Å². The van der Waals surface area contributed by atoms with Gasteiger partial charge in [0.15, 0.2) is 0 Å². The average molecular weight is 375 g/mol. The van der Waals surface area contributed by atoms with Crippen molar-refractivity contribution in [2.24, 2.45) is 0 Å². The fourth-order valence-corrected chi connectivity index (χ4v) is 3.57. The number of ether oxygens (including phenoxy) is 1. The highest BCUT2D eigenvalue weighted by molar-refractivity contribution is 7.92. The van der Waals surface area contributed by atoms with Crippen molar-refractivity contribution in [1.82, 2.24) is 5.32 Å². The molecule has 2 aromatic rings. The summed E-state index contributed by atoms with van der Waals surface area (Å²) in [5.74, 6) is -0.231. The van der Waals surface area contributed by atoms with Crippen LogP contribution in [-0.4, -0.2) is 40.1 Å². The third-order valence-corrected chi connectivity index (χ3v) is 5.35. The Balaban J connectivity index is 1.63. The van der Waals surface area contributed by atoms with Gasteiger partial charge in [-0.05, 0) is 43.3 Å². The first-order valence-corrected chi connectivity index (χ1v) is 9.75. The number of amides is 1. The topological polar surface area (TPSA) is 96.5 Å². The van der Waals surface area contributed by atoms with Gasteiger partial charge < -0.3 is 15.4 Å². The van der Waals surface area contributed by atoms with Crippen LogP contribution >= 0.6 is 0 Å². The zero-order valence-corrected chi connectivity index (χ0v) is 15.2. The molecule has 2 aromatic carbocycles. The van der Waals surface area contributed by atoms with Gasteiger partial charge in [-0.2, -0.15) is 0 Å². The van der Waals surface area contributed by atoms with E-state index in [1.54, 1.807) is 48.5 Å². The van der Waals surface area contributed by atoms with Crippen LogP contribution in [0.25, 0.3) is 0 Å². The summed E-state index contributed by atoms with van der Waals surface area (Å²) < 4.78 is 32.7. The van der Waals surface area contributed by atoms with Crippen molar-refractivity contribution in [3.63, 3.8) is 0 Å².